The van der Waals surface area contributed by atoms with E-state index >= 15 is 0 Å². The predicted molar refractivity (Wildman–Crippen MR) is 70.7 cm³/mol. The molecule has 98 valence electrons. The molecular formula is C13H17ClN2O2. The lowest BCUT2D eigenvalue weighted by molar-refractivity contribution is -0.128. The van der Waals surface area contributed by atoms with Gasteiger partial charge >= 0.3 is 0 Å². The smallest absolute Gasteiger partial charge is 0.260 e. The average Bonchev–Trinajstić information content (AvgIpc) is 2.26. The Morgan fingerprint density at radius 3 is 2.89 bits per heavy atom. The topological polar surface area (TPSA) is 64.3 Å². The van der Waals surface area contributed by atoms with Gasteiger partial charge in [0.15, 0.2) is 6.10 Å². The summed E-state index contributed by atoms with van der Waals surface area (Å²) < 4.78 is 5.53. The molecule has 1 saturated carbocycles. The van der Waals surface area contributed by atoms with E-state index < -0.39 is 6.10 Å². The first-order chi connectivity index (χ1) is 8.54. The molecule has 0 radical (unpaired) electrons. The number of carbonyl (C=O) groups is 1. The fraction of sp³-hybridized carbons (Fsp3) is 0.462. The van der Waals surface area contributed by atoms with E-state index in [4.69, 9.17) is 22.1 Å². The summed E-state index contributed by atoms with van der Waals surface area (Å²) in [4.78, 5) is 11.8. The number of nitrogens with two attached hydrogens (primary N) is 1. The SMILES string of the molecule is CC(Oc1cccc(Cl)c1)C(=O)NC1CC(N)C1. The first-order valence-corrected chi connectivity index (χ1v) is 6.40. The number of hydrogen-bond donors (Lipinski definition) is 2. The lowest BCUT2D eigenvalue weighted by atomic mass is 9.87. The summed E-state index contributed by atoms with van der Waals surface area (Å²) in [5.41, 5.74) is 5.66. The van der Waals surface area contributed by atoms with Crippen molar-refractivity contribution in [3.8, 4) is 5.75 Å². The molecule has 1 fully saturated rings. The van der Waals surface area contributed by atoms with Gasteiger partial charge in [-0.2, -0.15) is 0 Å². The van der Waals surface area contributed by atoms with E-state index in [2.05, 4.69) is 5.32 Å². The molecule has 1 aliphatic carbocycles. The second kappa shape index (κ2) is 5.59. The molecule has 1 aliphatic rings. The van der Waals surface area contributed by atoms with E-state index in [-0.39, 0.29) is 18.0 Å². The number of hydrogen-bond acceptors (Lipinski definition) is 3. The Bertz CT molecular complexity index is 433. The molecule has 0 aliphatic heterocycles. The maximum Gasteiger partial charge on any atom is 0.260 e. The van der Waals surface area contributed by atoms with Crippen LogP contribution in [-0.2, 0) is 4.79 Å². The van der Waals surface area contributed by atoms with Gasteiger partial charge in [0.05, 0.1) is 0 Å². The third-order valence-corrected chi connectivity index (χ3v) is 3.23. The van der Waals surface area contributed by atoms with Crippen molar-refractivity contribution in [2.45, 2.75) is 38.0 Å². The minimum atomic E-state index is -0.541. The highest BCUT2D eigenvalue weighted by atomic mass is 35.5. The van der Waals surface area contributed by atoms with Crippen LogP contribution in [0.2, 0.25) is 5.02 Å². The fourth-order valence-electron chi connectivity index (χ4n) is 1.90. The lowest BCUT2D eigenvalue weighted by Gasteiger charge is -2.33. The first-order valence-electron chi connectivity index (χ1n) is 6.03. The normalized spacial score (nSPS) is 23.9. The Kier molecular flexibility index (Phi) is 4.09. The monoisotopic (exact) mass is 268 g/mol. The van der Waals surface area contributed by atoms with Gasteiger partial charge in [-0.15, -0.1) is 0 Å². The van der Waals surface area contributed by atoms with Crippen LogP contribution in [0.25, 0.3) is 0 Å². The van der Waals surface area contributed by atoms with Crippen LogP contribution in [0.3, 0.4) is 0 Å². The zero-order valence-electron chi connectivity index (χ0n) is 10.2. The number of halogens is 1. The number of benzene rings is 1. The number of nitrogens with one attached hydrogen (secondary N) is 1. The molecular weight excluding hydrogens is 252 g/mol. The molecule has 3 N–H and O–H groups in total. The second-order valence-corrected chi connectivity index (χ2v) is 5.09. The van der Waals surface area contributed by atoms with E-state index in [1.54, 1.807) is 31.2 Å². The van der Waals surface area contributed by atoms with Crippen molar-refractivity contribution in [2.75, 3.05) is 0 Å². The molecule has 0 heterocycles. The number of ether oxygens (including phenoxy) is 1. The van der Waals surface area contributed by atoms with E-state index in [1.165, 1.54) is 0 Å². The van der Waals surface area contributed by atoms with Gasteiger partial charge in [0.25, 0.3) is 5.91 Å². The Morgan fingerprint density at radius 1 is 1.56 bits per heavy atom. The third-order valence-electron chi connectivity index (χ3n) is 3.00. The largest absolute Gasteiger partial charge is 0.481 e. The maximum atomic E-state index is 11.8. The van der Waals surface area contributed by atoms with Gasteiger partial charge in [-0.05, 0) is 38.0 Å². The highest BCUT2D eigenvalue weighted by Gasteiger charge is 2.28. The van der Waals surface area contributed by atoms with E-state index in [0.29, 0.717) is 10.8 Å². The molecule has 2 rings (SSSR count). The molecule has 1 unspecified atom stereocenters. The lowest BCUT2D eigenvalue weighted by Crippen LogP contribution is -2.52. The van der Waals surface area contributed by atoms with Gasteiger partial charge in [-0.3, -0.25) is 4.79 Å². The molecule has 18 heavy (non-hydrogen) atoms. The maximum absolute atomic E-state index is 11.8. The van der Waals surface area contributed by atoms with Crippen LogP contribution in [0.5, 0.6) is 5.75 Å². The highest BCUT2D eigenvalue weighted by molar-refractivity contribution is 6.30. The van der Waals surface area contributed by atoms with Crippen LogP contribution in [0.1, 0.15) is 19.8 Å². The molecule has 1 amide bonds. The van der Waals surface area contributed by atoms with Crippen molar-refractivity contribution in [2.24, 2.45) is 5.73 Å². The molecule has 1 aromatic rings. The Morgan fingerprint density at radius 2 is 2.28 bits per heavy atom. The van der Waals surface area contributed by atoms with Gasteiger partial charge in [0.2, 0.25) is 0 Å². The molecule has 0 saturated heterocycles. The minimum Gasteiger partial charge on any atom is -0.481 e. The van der Waals surface area contributed by atoms with E-state index in [1.807, 2.05) is 0 Å². The van der Waals surface area contributed by atoms with Gasteiger partial charge in [0.1, 0.15) is 5.75 Å². The van der Waals surface area contributed by atoms with Crippen molar-refractivity contribution >= 4 is 17.5 Å². The van der Waals surface area contributed by atoms with Crippen molar-refractivity contribution < 1.29 is 9.53 Å². The Balaban J connectivity index is 1.83. The summed E-state index contributed by atoms with van der Waals surface area (Å²) in [5.74, 6) is 0.474. The Hall–Kier alpha value is -1.26. The predicted octanol–water partition coefficient (Wildman–Crippen LogP) is 1.71. The van der Waals surface area contributed by atoms with Crippen LogP contribution < -0.4 is 15.8 Å². The second-order valence-electron chi connectivity index (χ2n) is 4.65. The van der Waals surface area contributed by atoms with Crippen molar-refractivity contribution in [3.05, 3.63) is 29.3 Å². The van der Waals surface area contributed by atoms with Crippen LogP contribution in [0.15, 0.2) is 24.3 Å². The summed E-state index contributed by atoms with van der Waals surface area (Å²) in [6, 6.07) is 7.42. The molecule has 5 heteroatoms. The van der Waals surface area contributed by atoms with Crippen LogP contribution in [0, 0.1) is 0 Å². The quantitative estimate of drug-likeness (QED) is 0.874. The number of amides is 1. The van der Waals surface area contributed by atoms with Gasteiger partial charge in [0, 0.05) is 17.1 Å². The number of carbonyl (C=O) groups excluding carboxylic acids is 1. The number of rotatable bonds is 4. The van der Waals surface area contributed by atoms with Gasteiger partial charge in [-0.1, -0.05) is 17.7 Å². The first kappa shape index (κ1) is 13.2. The zero-order valence-corrected chi connectivity index (χ0v) is 11.0. The fourth-order valence-corrected chi connectivity index (χ4v) is 2.08. The Labute approximate surface area is 111 Å². The summed E-state index contributed by atoms with van der Waals surface area (Å²) in [6.07, 6.45) is 1.14. The summed E-state index contributed by atoms with van der Waals surface area (Å²) in [6.45, 7) is 1.72. The van der Waals surface area contributed by atoms with E-state index in [0.717, 1.165) is 12.8 Å². The molecule has 1 atom stereocenters. The van der Waals surface area contributed by atoms with Crippen LogP contribution in [0.4, 0.5) is 0 Å². The van der Waals surface area contributed by atoms with Crippen molar-refractivity contribution in [3.63, 3.8) is 0 Å². The van der Waals surface area contributed by atoms with Crippen molar-refractivity contribution in [1.29, 1.82) is 0 Å². The molecule has 4 nitrogen and oxygen atoms in total. The average molecular weight is 269 g/mol. The standard InChI is InChI=1S/C13H17ClN2O2/c1-8(13(17)16-11-6-10(15)7-11)18-12-4-2-3-9(14)5-12/h2-5,8,10-11H,6-7,15H2,1H3,(H,16,17). The van der Waals surface area contributed by atoms with E-state index in [9.17, 15) is 4.79 Å². The van der Waals surface area contributed by atoms with Gasteiger partial charge < -0.3 is 15.8 Å². The van der Waals surface area contributed by atoms with Crippen LogP contribution in [-0.4, -0.2) is 24.1 Å². The zero-order chi connectivity index (χ0) is 13.1. The minimum absolute atomic E-state index is 0.119. The third kappa shape index (κ3) is 3.37. The molecule has 0 bridgehead atoms. The summed E-state index contributed by atoms with van der Waals surface area (Å²) >= 11 is 5.85. The summed E-state index contributed by atoms with van der Waals surface area (Å²) in [5, 5.41) is 3.49. The molecule has 0 aromatic heterocycles. The van der Waals surface area contributed by atoms with Gasteiger partial charge in [-0.25, -0.2) is 0 Å². The molecule has 0 spiro atoms. The van der Waals surface area contributed by atoms with Crippen molar-refractivity contribution in [1.82, 2.24) is 5.32 Å². The van der Waals surface area contributed by atoms with Crippen LogP contribution >= 0.6 is 11.6 Å². The highest BCUT2D eigenvalue weighted by Crippen LogP contribution is 2.20. The summed E-state index contributed by atoms with van der Waals surface area (Å²) in [7, 11) is 0. The molecule has 1 aromatic carbocycles.